The summed E-state index contributed by atoms with van der Waals surface area (Å²) in [6.07, 6.45) is 5.40. The van der Waals surface area contributed by atoms with Crippen LogP contribution >= 0.6 is 0 Å². The Balaban J connectivity index is 1.87. The predicted octanol–water partition coefficient (Wildman–Crippen LogP) is 1.41. The molecule has 2 fully saturated rings. The highest BCUT2D eigenvalue weighted by Crippen LogP contribution is 2.26. The third kappa shape index (κ3) is 2.63. The van der Waals surface area contributed by atoms with Crippen molar-refractivity contribution in [3.05, 3.63) is 0 Å². The fourth-order valence-electron chi connectivity index (χ4n) is 3.05. The number of piperazine rings is 1. The van der Waals surface area contributed by atoms with E-state index in [1.165, 1.54) is 25.7 Å². The molecule has 2 rings (SSSR count). The first-order chi connectivity index (χ1) is 8.01. The zero-order valence-electron chi connectivity index (χ0n) is 11.0. The fraction of sp³-hybridized carbons (Fsp3) is 0.923. The van der Waals surface area contributed by atoms with Crippen LogP contribution in [0.3, 0.4) is 0 Å². The molecule has 0 spiro atoms. The minimum absolute atomic E-state index is 0.716. The maximum absolute atomic E-state index is 11.2. The highest BCUT2D eigenvalue weighted by atomic mass is 16.4. The van der Waals surface area contributed by atoms with E-state index in [4.69, 9.17) is 0 Å². The van der Waals surface area contributed by atoms with Gasteiger partial charge in [-0.2, -0.15) is 0 Å². The summed E-state index contributed by atoms with van der Waals surface area (Å²) in [5.74, 6) is -0.716. The molecule has 0 radical (unpaired) electrons. The van der Waals surface area contributed by atoms with E-state index in [2.05, 4.69) is 9.80 Å². The molecule has 0 amide bonds. The molecule has 0 bridgehead atoms. The molecule has 98 valence electrons. The summed E-state index contributed by atoms with van der Waals surface area (Å²) in [5.41, 5.74) is -0.720. The van der Waals surface area contributed by atoms with Gasteiger partial charge in [-0.3, -0.25) is 14.6 Å². The van der Waals surface area contributed by atoms with Crippen molar-refractivity contribution in [1.29, 1.82) is 0 Å². The Bertz CT molecular complexity index is 277. The van der Waals surface area contributed by atoms with Gasteiger partial charge in [-0.25, -0.2) is 0 Å². The zero-order valence-corrected chi connectivity index (χ0v) is 11.0. The summed E-state index contributed by atoms with van der Waals surface area (Å²) >= 11 is 0. The van der Waals surface area contributed by atoms with Gasteiger partial charge >= 0.3 is 5.97 Å². The Kier molecular flexibility index (Phi) is 3.73. The lowest BCUT2D eigenvalue weighted by atomic mass is 10.0. The maximum atomic E-state index is 11.2. The van der Waals surface area contributed by atoms with Crippen LogP contribution in [0.2, 0.25) is 0 Å². The molecule has 17 heavy (non-hydrogen) atoms. The lowest BCUT2D eigenvalue weighted by Crippen LogP contribution is -2.59. The minimum Gasteiger partial charge on any atom is -0.480 e. The lowest BCUT2D eigenvalue weighted by Gasteiger charge is -2.43. The maximum Gasteiger partial charge on any atom is 0.323 e. The normalized spacial score (nSPS) is 25.3. The minimum atomic E-state index is -0.720. The molecule has 1 heterocycles. The largest absolute Gasteiger partial charge is 0.480 e. The van der Waals surface area contributed by atoms with Crippen molar-refractivity contribution in [1.82, 2.24) is 9.80 Å². The van der Waals surface area contributed by atoms with Crippen LogP contribution in [0, 0.1) is 0 Å². The summed E-state index contributed by atoms with van der Waals surface area (Å²) in [6.45, 7) is 7.44. The molecule has 1 N–H and O–H groups in total. The van der Waals surface area contributed by atoms with Gasteiger partial charge in [0.1, 0.15) is 5.54 Å². The monoisotopic (exact) mass is 240 g/mol. The molecule has 1 saturated carbocycles. The number of carboxylic acids is 1. The van der Waals surface area contributed by atoms with Crippen LogP contribution in [-0.4, -0.2) is 58.6 Å². The average molecular weight is 240 g/mol. The van der Waals surface area contributed by atoms with Crippen molar-refractivity contribution in [3.63, 3.8) is 0 Å². The average Bonchev–Trinajstić information content (AvgIpc) is 2.82. The summed E-state index contributed by atoms with van der Waals surface area (Å²) in [4.78, 5) is 15.9. The number of carbonyl (C=O) groups is 1. The van der Waals surface area contributed by atoms with E-state index in [1.54, 1.807) is 13.8 Å². The smallest absolute Gasteiger partial charge is 0.323 e. The molecule has 1 aliphatic carbocycles. The molecule has 0 aromatic rings. The van der Waals surface area contributed by atoms with Crippen molar-refractivity contribution in [3.8, 4) is 0 Å². The van der Waals surface area contributed by atoms with Crippen molar-refractivity contribution >= 4 is 5.97 Å². The van der Waals surface area contributed by atoms with E-state index in [0.717, 1.165) is 32.2 Å². The first kappa shape index (κ1) is 12.8. The van der Waals surface area contributed by atoms with Crippen molar-refractivity contribution < 1.29 is 9.90 Å². The van der Waals surface area contributed by atoms with E-state index in [0.29, 0.717) is 0 Å². The van der Waals surface area contributed by atoms with E-state index in [9.17, 15) is 9.90 Å². The van der Waals surface area contributed by atoms with Crippen molar-refractivity contribution in [2.24, 2.45) is 0 Å². The van der Waals surface area contributed by atoms with Crippen LogP contribution in [-0.2, 0) is 4.79 Å². The zero-order chi connectivity index (χ0) is 12.5. The predicted molar refractivity (Wildman–Crippen MR) is 67.1 cm³/mol. The van der Waals surface area contributed by atoms with E-state index in [1.807, 2.05) is 0 Å². The van der Waals surface area contributed by atoms with E-state index >= 15 is 0 Å². The number of rotatable bonds is 3. The standard InChI is InChI=1S/C13H24N2O2/c1-13(2,12(16)17)15-9-7-14(8-10-15)11-5-3-4-6-11/h11H,3-10H2,1-2H3,(H,16,17). The highest BCUT2D eigenvalue weighted by Gasteiger charge is 2.37. The molecule has 0 aromatic heterocycles. The molecular weight excluding hydrogens is 216 g/mol. The molecule has 2 aliphatic rings. The number of nitrogens with zero attached hydrogens (tertiary/aromatic N) is 2. The third-order valence-corrected chi connectivity index (χ3v) is 4.47. The van der Waals surface area contributed by atoms with Gasteiger partial charge in [0, 0.05) is 32.2 Å². The summed E-state index contributed by atoms with van der Waals surface area (Å²) in [7, 11) is 0. The Morgan fingerprint density at radius 3 is 2.12 bits per heavy atom. The molecule has 0 aromatic carbocycles. The van der Waals surface area contributed by atoms with Crippen LogP contribution in [0.1, 0.15) is 39.5 Å². The summed E-state index contributed by atoms with van der Waals surface area (Å²) < 4.78 is 0. The SMILES string of the molecule is CC(C)(C(=O)O)N1CCN(C2CCCC2)CC1. The first-order valence-electron chi connectivity index (χ1n) is 6.74. The summed E-state index contributed by atoms with van der Waals surface area (Å²) in [5, 5.41) is 9.22. The highest BCUT2D eigenvalue weighted by molar-refractivity contribution is 5.77. The molecule has 0 atom stereocenters. The van der Waals surface area contributed by atoms with E-state index < -0.39 is 11.5 Å². The Hall–Kier alpha value is -0.610. The second-order valence-electron chi connectivity index (χ2n) is 5.83. The Labute approximate surface area is 104 Å². The van der Waals surface area contributed by atoms with Crippen LogP contribution in [0.4, 0.5) is 0 Å². The van der Waals surface area contributed by atoms with Gasteiger partial charge in [-0.15, -0.1) is 0 Å². The van der Waals surface area contributed by atoms with Crippen molar-refractivity contribution in [2.45, 2.75) is 51.1 Å². The van der Waals surface area contributed by atoms with Gasteiger partial charge < -0.3 is 5.11 Å². The third-order valence-electron chi connectivity index (χ3n) is 4.47. The topological polar surface area (TPSA) is 43.8 Å². The van der Waals surface area contributed by atoms with Gasteiger partial charge in [0.25, 0.3) is 0 Å². The molecular formula is C13H24N2O2. The van der Waals surface area contributed by atoms with Gasteiger partial charge in [0.05, 0.1) is 0 Å². The number of hydrogen-bond donors (Lipinski definition) is 1. The Morgan fingerprint density at radius 2 is 1.65 bits per heavy atom. The molecule has 1 saturated heterocycles. The Morgan fingerprint density at radius 1 is 1.12 bits per heavy atom. The number of carboxylic acid groups (broad SMARTS) is 1. The summed E-state index contributed by atoms with van der Waals surface area (Å²) in [6, 6.07) is 0.769. The second kappa shape index (κ2) is 4.94. The van der Waals surface area contributed by atoms with Gasteiger partial charge in [-0.05, 0) is 26.7 Å². The van der Waals surface area contributed by atoms with Crippen LogP contribution in [0.15, 0.2) is 0 Å². The second-order valence-corrected chi connectivity index (χ2v) is 5.83. The molecule has 1 aliphatic heterocycles. The lowest BCUT2D eigenvalue weighted by molar-refractivity contribution is -0.150. The van der Waals surface area contributed by atoms with Crippen LogP contribution in [0.5, 0.6) is 0 Å². The molecule has 4 nitrogen and oxygen atoms in total. The number of hydrogen-bond acceptors (Lipinski definition) is 3. The molecule has 4 heteroatoms. The van der Waals surface area contributed by atoms with Crippen molar-refractivity contribution in [2.75, 3.05) is 26.2 Å². The first-order valence-corrected chi connectivity index (χ1v) is 6.74. The number of aliphatic carboxylic acids is 1. The van der Waals surface area contributed by atoms with Gasteiger partial charge in [0.15, 0.2) is 0 Å². The van der Waals surface area contributed by atoms with Gasteiger partial charge in [0.2, 0.25) is 0 Å². The quantitative estimate of drug-likeness (QED) is 0.810. The fourth-order valence-corrected chi connectivity index (χ4v) is 3.05. The van der Waals surface area contributed by atoms with E-state index in [-0.39, 0.29) is 0 Å². The van der Waals surface area contributed by atoms with Crippen LogP contribution < -0.4 is 0 Å². The molecule has 0 unspecified atom stereocenters. The van der Waals surface area contributed by atoms with Crippen LogP contribution in [0.25, 0.3) is 0 Å². The van der Waals surface area contributed by atoms with Gasteiger partial charge in [-0.1, -0.05) is 12.8 Å².